The number of hydrogen-bond acceptors (Lipinski definition) is 8. The fourth-order valence-electron chi connectivity index (χ4n) is 4.68. The summed E-state index contributed by atoms with van der Waals surface area (Å²) >= 11 is 0.769. The summed E-state index contributed by atoms with van der Waals surface area (Å²) in [5, 5.41) is 15.8. The molecule has 0 bridgehead atoms. The molecule has 1 saturated carbocycles. The lowest BCUT2D eigenvalue weighted by atomic mass is 9.99. The molecule has 1 fully saturated rings. The van der Waals surface area contributed by atoms with Crippen molar-refractivity contribution in [1.82, 2.24) is 19.9 Å². The smallest absolute Gasteiger partial charge is 0.434 e. The molecule has 0 aliphatic heterocycles. The van der Waals surface area contributed by atoms with Gasteiger partial charge in [-0.15, -0.1) is 11.3 Å². The van der Waals surface area contributed by atoms with E-state index in [2.05, 4.69) is 20.6 Å². The number of aliphatic hydroxyl groups excluding tert-OH is 1. The average Bonchev–Trinajstić information content (AvgIpc) is 3.69. The molecule has 2 amide bonds. The van der Waals surface area contributed by atoms with Crippen molar-refractivity contribution in [2.24, 2.45) is 5.92 Å². The molecule has 1 atom stereocenters. The van der Waals surface area contributed by atoms with Gasteiger partial charge in [-0.05, 0) is 56.4 Å². The molecular formula is C29H28F3N5O5S. The van der Waals surface area contributed by atoms with Crippen molar-refractivity contribution in [2.75, 3.05) is 18.5 Å². The summed E-state index contributed by atoms with van der Waals surface area (Å²) in [6, 6.07) is 5.65. The highest BCUT2D eigenvalue weighted by Crippen LogP contribution is 2.39. The first-order valence-corrected chi connectivity index (χ1v) is 14.5. The monoisotopic (exact) mass is 615 g/mol. The van der Waals surface area contributed by atoms with Crippen molar-refractivity contribution in [3.63, 3.8) is 0 Å². The van der Waals surface area contributed by atoms with Gasteiger partial charge in [-0.25, -0.2) is 19.6 Å². The van der Waals surface area contributed by atoms with Crippen LogP contribution in [0.2, 0.25) is 0 Å². The molecule has 4 aromatic rings. The van der Waals surface area contributed by atoms with Crippen LogP contribution < -0.4 is 16.1 Å². The maximum absolute atomic E-state index is 13.6. The van der Waals surface area contributed by atoms with E-state index in [0.29, 0.717) is 23.2 Å². The number of aliphatic hydroxyl groups is 1. The molecule has 0 radical (unpaired) electrons. The number of nitrogens with zero attached hydrogens (tertiary/aromatic N) is 3. The van der Waals surface area contributed by atoms with Crippen LogP contribution in [0.4, 0.5) is 23.8 Å². The predicted octanol–water partition coefficient (Wildman–Crippen LogP) is 5.29. The Kier molecular flexibility index (Phi) is 8.51. The Labute approximate surface area is 247 Å². The number of anilines is 1. The standard InChI is InChI=1S/C29H28F3N5O5S/c1-3-33-28(41)36-24-11-18(26-35-23(14-43-26)29(30,31)32)20(12-34-24)17-6-7-22-19(10-17)25(39)21(13-37(22)8-9-38)27(40)42-15(2)16-4-5-16/h6-7,10-16,38H,3-5,8-9H2,1-2H3,(H2,33,34,36,41). The second kappa shape index (κ2) is 12.1. The minimum absolute atomic E-state index is 0.0212. The normalized spacial score (nSPS) is 14.0. The molecule has 14 heteroatoms. The molecule has 3 heterocycles. The summed E-state index contributed by atoms with van der Waals surface area (Å²) in [7, 11) is 0. The lowest BCUT2D eigenvalue weighted by molar-refractivity contribution is -0.140. The molecule has 0 saturated heterocycles. The van der Waals surface area contributed by atoms with Gasteiger partial charge < -0.3 is 19.7 Å². The first-order valence-electron chi connectivity index (χ1n) is 13.6. The van der Waals surface area contributed by atoms with E-state index < -0.39 is 29.3 Å². The van der Waals surface area contributed by atoms with Crippen molar-refractivity contribution in [3.8, 4) is 21.7 Å². The number of amides is 2. The third-order valence-electron chi connectivity index (χ3n) is 7.04. The maximum atomic E-state index is 13.6. The van der Waals surface area contributed by atoms with Gasteiger partial charge in [0, 0.05) is 47.4 Å². The highest BCUT2D eigenvalue weighted by molar-refractivity contribution is 7.13. The number of ether oxygens (including phenoxy) is 1. The molecule has 43 heavy (non-hydrogen) atoms. The molecule has 10 nitrogen and oxygen atoms in total. The van der Waals surface area contributed by atoms with Gasteiger partial charge in [0.25, 0.3) is 0 Å². The van der Waals surface area contributed by atoms with Gasteiger partial charge in [0.05, 0.1) is 12.1 Å². The van der Waals surface area contributed by atoms with E-state index in [-0.39, 0.29) is 52.5 Å². The van der Waals surface area contributed by atoms with E-state index in [1.165, 1.54) is 24.5 Å². The van der Waals surface area contributed by atoms with Gasteiger partial charge in [0.1, 0.15) is 22.5 Å². The summed E-state index contributed by atoms with van der Waals surface area (Å²) in [6.45, 7) is 3.69. The molecule has 0 spiro atoms. The number of hydrogen-bond donors (Lipinski definition) is 3. The van der Waals surface area contributed by atoms with Gasteiger partial charge in [-0.1, -0.05) is 6.07 Å². The summed E-state index contributed by atoms with van der Waals surface area (Å²) in [4.78, 5) is 46.8. The second-order valence-corrected chi connectivity index (χ2v) is 11.0. The van der Waals surface area contributed by atoms with Crippen LogP contribution in [-0.2, 0) is 17.5 Å². The van der Waals surface area contributed by atoms with Crippen molar-refractivity contribution in [1.29, 1.82) is 0 Å². The van der Waals surface area contributed by atoms with Gasteiger partial charge in [0.15, 0.2) is 5.69 Å². The topological polar surface area (TPSA) is 135 Å². The Hall–Kier alpha value is -4.30. The zero-order valence-corrected chi connectivity index (χ0v) is 24.0. The average molecular weight is 616 g/mol. The van der Waals surface area contributed by atoms with E-state index in [1.807, 2.05) is 0 Å². The number of alkyl halides is 3. The molecule has 3 N–H and O–H groups in total. The number of nitrogens with one attached hydrogen (secondary N) is 2. The molecular weight excluding hydrogens is 587 g/mol. The largest absolute Gasteiger partial charge is 0.459 e. The number of carbonyl (C=O) groups excluding carboxylic acids is 2. The third kappa shape index (κ3) is 6.54. The van der Waals surface area contributed by atoms with E-state index in [4.69, 9.17) is 4.74 Å². The van der Waals surface area contributed by atoms with E-state index in [1.54, 1.807) is 30.5 Å². The van der Waals surface area contributed by atoms with Crippen molar-refractivity contribution in [2.45, 2.75) is 45.5 Å². The summed E-state index contributed by atoms with van der Waals surface area (Å²) in [5.41, 5.74) is -0.416. The van der Waals surface area contributed by atoms with Crippen LogP contribution in [0.1, 0.15) is 42.7 Å². The van der Waals surface area contributed by atoms with Gasteiger partial charge >= 0.3 is 18.2 Å². The van der Waals surface area contributed by atoms with Crippen LogP contribution in [0, 0.1) is 5.92 Å². The summed E-state index contributed by atoms with van der Waals surface area (Å²) in [6.07, 6.45) is -0.378. The first kappa shape index (κ1) is 30.2. The number of urea groups is 1. The Morgan fingerprint density at radius 2 is 2.00 bits per heavy atom. The fraction of sp³-hybridized carbons (Fsp3) is 0.345. The number of aromatic nitrogens is 3. The van der Waals surface area contributed by atoms with Crippen molar-refractivity contribution < 1.29 is 32.6 Å². The number of halogens is 3. The lowest BCUT2D eigenvalue weighted by Gasteiger charge is -2.16. The number of carbonyl (C=O) groups is 2. The van der Waals surface area contributed by atoms with Crippen LogP contribution in [-0.4, -0.2) is 50.9 Å². The highest BCUT2D eigenvalue weighted by Gasteiger charge is 2.34. The summed E-state index contributed by atoms with van der Waals surface area (Å²) < 4.78 is 47.3. The molecule has 1 aliphatic rings. The fourth-order valence-corrected chi connectivity index (χ4v) is 5.53. The zero-order valence-electron chi connectivity index (χ0n) is 23.2. The van der Waals surface area contributed by atoms with Crippen LogP contribution in [0.25, 0.3) is 32.6 Å². The van der Waals surface area contributed by atoms with Gasteiger partial charge in [-0.2, -0.15) is 13.2 Å². The number of thiazole rings is 1. The maximum Gasteiger partial charge on any atom is 0.434 e. The predicted molar refractivity (Wildman–Crippen MR) is 155 cm³/mol. The molecule has 1 aliphatic carbocycles. The van der Waals surface area contributed by atoms with Crippen LogP contribution in [0.5, 0.6) is 0 Å². The van der Waals surface area contributed by atoms with Gasteiger partial charge in [-0.3, -0.25) is 10.1 Å². The van der Waals surface area contributed by atoms with Crippen molar-refractivity contribution in [3.05, 3.63) is 63.5 Å². The van der Waals surface area contributed by atoms with Crippen LogP contribution in [0.15, 0.2) is 46.8 Å². The molecule has 226 valence electrons. The SMILES string of the molecule is CCNC(=O)Nc1cc(-c2nc(C(F)(F)F)cs2)c(-c2ccc3c(c2)c(=O)c(C(=O)OC(C)C2CC2)cn3CCO)cn1. The van der Waals surface area contributed by atoms with Crippen molar-refractivity contribution >= 4 is 40.1 Å². The van der Waals surface area contributed by atoms with E-state index >= 15 is 0 Å². The van der Waals surface area contributed by atoms with E-state index in [0.717, 1.165) is 29.6 Å². The Bertz CT molecular complexity index is 1750. The van der Waals surface area contributed by atoms with Gasteiger partial charge in [0.2, 0.25) is 5.43 Å². The number of benzene rings is 1. The number of fused-ring (bicyclic) bond motifs is 1. The number of esters is 1. The minimum Gasteiger partial charge on any atom is -0.459 e. The summed E-state index contributed by atoms with van der Waals surface area (Å²) in [5.74, 6) is -0.431. The Morgan fingerprint density at radius 1 is 1.23 bits per heavy atom. The first-order chi connectivity index (χ1) is 20.5. The molecule has 1 aromatic carbocycles. The number of pyridine rings is 2. The second-order valence-electron chi connectivity index (χ2n) is 10.1. The Morgan fingerprint density at radius 3 is 2.65 bits per heavy atom. The minimum atomic E-state index is -4.66. The zero-order chi connectivity index (χ0) is 30.9. The highest BCUT2D eigenvalue weighted by atomic mass is 32.1. The lowest BCUT2D eigenvalue weighted by Crippen LogP contribution is -2.28. The number of rotatable bonds is 9. The molecule has 5 rings (SSSR count). The third-order valence-corrected chi connectivity index (χ3v) is 7.91. The molecule has 3 aromatic heterocycles. The Balaban J connectivity index is 1.64. The molecule has 1 unspecified atom stereocenters. The van der Waals surface area contributed by atoms with E-state index in [9.17, 15) is 32.7 Å². The van der Waals surface area contributed by atoms with Crippen LogP contribution in [0.3, 0.4) is 0 Å². The van der Waals surface area contributed by atoms with Crippen LogP contribution >= 0.6 is 11.3 Å². The quantitative estimate of drug-likeness (QED) is 0.218.